The summed E-state index contributed by atoms with van der Waals surface area (Å²) >= 11 is 6.40. The van der Waals surface area contributed by atoms with Crippen molar-refractivity contribution in [2.75, 3.05) is 39.5 Å². The zero-order valence-corrected chi connectivity index (χ0v) is 19.8. The molecule has 0 unspecified atom stereocenters. The standard InChI is InChI=1S/C23H24ClFN8O/c1-32(2)20(34)13-33(3)9-8-15-11-19(28-22(27-15)16-6-4-5-7-18(16)24)29-23-17-10-14(25)12-26-21(17)30-31-23/h4-7,10-12H,8-9,13H2,1-3H3,(H2,26,27,28,29,30,31). The molecule has 1 aromatic carbocycles. The van der Waals surface area contributed by atoms with Crippen molar-refractivity contribution in [3.63, 3.8) is 0 Å². The molecule has 0 atom stereocenters. The predicted octanol–water partition coefficient (Wildman–Crippen LogP) is 3.51. The molecule has 0 spiro atoms. The molecule has 0 aliphatic rings. The van der Waals surface area contributed by atoms with E-state index in [4.69, 9.17) is 16.6 Å². The number of hydrogen-bond acceptors (Lipinski definition) is 7. The number of halogens is 2. The summed E-state index contributed by atoms with van der Waals surface area (Å²) in [7, 11) is 5.34. The van der Waals surface area contributed by atoms with Crippen LogP contribution in [0.5, 0.6) is 0 Å². The molecule has 9 nitrogen and oxygen atoms in total. The number of pyridine rings is 1. The molecule has 4 rings (SSSR count). The van der Waals surface area contributed by atoms with E-state index in [0.717, 1.165) is 11.9 Å². The van der Waals surface area contributed by atoms with Crippen molar-refractivity contribution in [3.8, 4) is 11.4 Å². The number of carbonyl (C=O) groups is 1. The van der Waals surface area contributed by atoms with Gasteiger partial charge in [-0.25, -0.2) is 19.3 Å². The number of likely N-dealkylation sites (N-methyl/N-ethyl adjacent to an activating group) is 2. The monoisotopic (exact) mass is 482 g/mol. The third-order valence-electron chi connectivity index (χ3n) is 5.18. The van der Waals surface area contributed by atoms with Gasteiger partial charge >= 0.3 is 0 Å². The van der Waals surface area contributed by atoms with Crippen LogP contribution in [-0.4, -0.2) is 75.1 Å². The number of nitrogens with one attached hydrogen (secondary N) is 2. The quantitative estimate of drug-likeness (QED) is 0.396. The predicted molar refractivity (Wildman–Crippen MR) is 130 cm³/mol. The second kappa shape index (κ2) is 10.1. The van der Waals surface area contributed by atoms with Crippen LogP contribution >= 0.6 is 11.6 Å². The van der Waals surface area contributed by atoms with Gasteiger partial charge in [-0.2, -0.15) is 5.10 Å². The fraction of sp³-hybridized carbons (Fsp3) is 0.261. The minimum absolute atomic E-state index is 0.0237. The van der Waals surface area contributed by atoms with Crippen molar-refractivity contribution < 1.29 is 9.18 Å². The molecule has 4 aromatic rings. The molecule has 34 heavy (non-hydrogen) atoms. The summed E-state index contributed by atoms with van der Waals surface area (Å²) in [5.41, 5.74) is 1.89. The fourth-order valence-electron chi connectivity index (χ4n) is 3.30. The van der Waals surface area contributed by atoms with Crippen LogP contribution in [0.2, 0.25) is 5.02 Å². The number of H-pyrrole nitrogens is 1. The number of amides is 1. The first-order valence-corrected chi connectivity index (χ1v) is 11.0. The highest BCUT2D eigenvalue weighted by atomic mass is 35.5. The lowest BCUT2D eigenvalue weighted by Crippen LogP contribution is -2.35. The van der Waals surface area contributed by atoms with Crippen LogP contribution in [0.1, 0.15) is 5.69 Å². The summed E-state index contributed by atoms with van der Waals surface area (Å²) in [6.07, 6.45) is 1.70. The molecule has 0 saturated carbocycles. The average Bonchev–Trinajstić information content (AvgIpc) is 3.19. The van der Waals surface area contributed by atoms with Gasteiger partial charge in [0.05, 0.1) is 23.2 Å². The molecule has 0 aliphatic carbocycles. The molecule has 176 valence electrons. The highest BCUT2D eigenvalue weighted by Gasteiger charge is 2.15. The van der Waals surface area contributed by atoms with Gasteiger partial charge in [-0.15, -0.1) is 0 Å². The van der Waals surface area contributed by atoms with Gasteiger partial charge in [0.25, 0.3) is 0 Å². The van der Waals surface area contributed by atoms with Crippen LogP contribution in [0.3, 0.4) is 0 Å². The van der Waals surface area contributed by atoms with Crippen molar-refractivity contribution in [2.45, 2.75) is 6.42 Å². The Morgan fingerprint density at radius 2 is 1.97 bits per heavy atom. The zero-order valence-electron chi connectivity index (χ0n) is 19.0. The normalized spacial score (nSPS) is 11.2. The lowest BCUT2D eigenvalue weighted by Gasteiger charge is -2.19. The maximum Gasteiger partial charge on any atom is 0.236 e. The molecule has 0 bridgehead atoms. The molecule has 1 amide bonds. The molecular weight excluding hydrogens is 459 g/mol. The number of nitrogens with zero attached hydrogens (tertiary/aromatic N) is 6. The van der Waals surface area contributed by atoms with E-state index in [1.165, 1.54) is 6.07 Å². The molecule has 0 radical (unpaired) electrons. The number of hydrogen-bond donors (Lipinski definition) is 2. The van der Waals surface area contributed by atoms with Gasteiger partial charge in [0, 0.05) is 44.4 Å². The zero-order chi connectivity index (χ0) is 24.2. The molecule has 0 fully saturated rings. The first kappa shape index (κ1) is 23.5. The lowest BCUT2D eigenvalue weighted by atomic mass is 10.2. The Bertz CT molecular complexity index is 1330. The smallest absolute Gasteiger partial charge is 0.236 e. The van der Waals surface area contributed by atoms with Gasteiger partial charge in [0.2, 0.25) is 5.91 Å². The third kappa shape index (κ3) is 5.46. The van der Waals surface area contributed by atoms with E-state index >= 15 is 0 Å². The van der Waals surface area contributed by atoms with Crippen LogP contribution in [-0.2, 0) is 11.2 Å². The Morgan fingerprint density at radius 3 is 2.74 bits per heavy atom. The largest absolute Gasteiger partial charge is 0.348 e. The molecule has 3 aromatic heterocycles. The van der Waals surface area contributed by atoms with Gasteiger partial charge in [0.15, 0.2) is 17.3 Å². The van der Waals surface area contributed by atoms with Crippen LogP contribution < -0.4 is 5.32 Å². The molecule has 11 heteroatoms. The van der Waals surface area contributed by atoms with E-state index < -0.39 is 5.82 Å². The Hall–Kier alpha value is -3.63. The van der Waals surface area contributed by atoms with Gasteiger partial charge < -0.3 is 10.2 Å². The van der Waals surface area contributed by atoms with E-state index in [9.17, 15) is 9.18 Å². The number of anilines is 2. The highest BCUT2D eigenvalue weighted by Crippen LogP contribution is 2.28. The third-order valence-corrected chi connectivity index (χ3v) is 5.51. The summed E-state index contributed by atoms with van der Waals surface area (Å²) in [6, 6.07) is 10.5. The minimum atomic E-state index is -0.465. The first-order valence-electron chi connectivity index (χ1n) is 10.6. The Kier molecular flexibility index (Phi) is 6.99. The maximum absolute atomic E-state index is 13.7. The van der Waals surface area contributed by atoms with Crippen molar-refractivity contribution in [1.29, 1.82) is 0 Å². The van der Waals surface area contributed by atoms with Crippen LogP contribution in [0.25, 0.3) is 22.4 Å². The molecule has 3 heterocycles. The molecule has 2 N–H and O–H groups in total. The summed E-state index contributed by atoms with van der Waals surface area (Å²) < 4.78 is 13.7. The SMILES string of the molecule is CN(CCc1cc(Nc2n[nH]c3ncc(F)cc23)nc(-c2ccccc2Cl)n1)CC(=O)N(C)C. The van der Waals surface area contributed by atoms with Gasteiger partial charge in [0.1, 0.15) is 11.6 Å². The average molecular weight is 483 g/mol. The van der Waals surface area contributed by atoms with E-state index in [0.29, 0.717) is 58.6 Å². The number of aromatic nitrogens is 5. The van der Waals surface area contributed by atoms with Crippen molar-refractivity contribution in [3.05, 3.63) is 59.1 Å². The first-order chi connectivity index (χ1) is 16.3. The Morgan fingerprint density at radius 1 is 1.18 bits per heavy atom. The molecular formula is C23H24ClFN8O. The van der Waals surface area contributed by atoms with Crippen molar-refractivity contribution in [2.24, 2.45) is 0 Å². The van der Waals surface area contributed by atoms with E-state index in [-0.39, 0.29) is 5.91 Å². The van der Waals surface area contributed by atoms with Crippen molar-refractivity contribution in [1.82, 2.24) is 34.9 Å². The minimum Gasteiger partial charge on any atom is -0.348 e. The van der Waals surface area contributed by atoms with Crippen LogP contribution in [0.15, 0.2) is 42.6 Å². The van der Waals surface area contributed by atoms with Crippen LogP contribution in [0.4, 0.5) is 16.0 Å². The van der Waals surface area contributed by atoms with E-state index in [1.54, 1.807) is 31.1 Å². The van der Waals surface area contributed by atoms with E-state index in [1.807, 2.05) is 30.1 Å². The van der Waals surface area contributed by atoms with E-state index in [2.05, 4.69) is 25.5 Å². The molecule has 0 aliphatic heterocycles. The second-order valence-corrected chi connectivity index (χ2v) is 8.48. The second-order valence-electron chi connectivity index (χ2n) is 8.07. The topological polar surface area (TPSA) is 103 Å². The van der Waals surface area contributed by atoms with Gasteiger partial charge in [-0.1, -0.05) is 23.7 Å². The summed E-state index contributed by atoms with van der Waals surface area (Å²) in [5, 5.41) is 11.1. The van der Waals surface area contributed by atoms with Gasteiger partial charge in [-0.3, -0.25) is 14.8 Å². The summed E-state index contributed by atoms with van der Waals surface area (Å²) in [4.78, 5) is 28.8. The van der Waals surface area contributed by atoms with Crippen LogP contribution in [0, 0.1) is 5.82 Å². The number of fused-ring (bicyclic) bond motifs is 1. The van der Waals surface area contributed by atoms with Crippen molar-refractivity contribution >= 4 is 40.2 Å². The maximum atomic E-state index is 13.7. The number of aromatic amines is 1. The lowest BCUT2D eigenvalue weighted by molar-refractivity contribution is -0.129. The number of benzene rings is 1. The fourth-order valence-corrected chi connectivity index (χ4v) is 3.52. The summed E-state index contributed by atoms with van der Waals surface area (Å²) in [5.74, 6) is 0.875. The highest BCUT2D eigenvalue weighted by molar-refractivity contribution is 6.33. The number of carbonyl (C=O) groups excluding carboxylic acids is 1. The Labute approximate surface area is 201 Å². The molecule has 0 saturated heterocycles. The summed E-state index contributed by atoms with van der Waals surface area (Å²) in [6.45, 7) is 0.914. The van der Waals surface area contributed by atoms with Gasteiger partial charge in [-0.05, 0) is 25.2 Å². The number of rotatable bonds is 8. The Balaban J connectivity index is 1.64.